The van der Waals surface area contributed by atoms with Crippen molar-refractivity contribution in [1.29, 1.82) is 0 Å². The van der Waals surface area contributed by atoms with Crippen molar-refractivity contribution in [3.8, 4) is 0 Å². The Balaban J connectivity index is 1.40. The molecule has 10 rings (SSSR count). The van der Waals surface area contributed by atoms with Gasteiger partial charge in [0.25, 0.3) is 0 Å². The fourth-order valence-electron chi connectivity index (χ4n) is 10.7. The first-order chi connectivity index (χ1) is 29.7. The van der Waals surface area contributed by atoms with Gasteiger partial charge in [-0.3, -0.25) is 0 Å². The van der Waals surface area contributed by atoms with Crippen molar-refractivity contribution < 1.29 is 0 Å². The van der Waals surface area contributed by atoms with Crippen LogP contribution in [0.5, 0.6) is 0 Å². The Kier molecular flexibility index (Phi) is 11.0. The van der Waals surface area contributed by atoms with Crippen LogP contribution >= 0.6 is 0 Å². The normalized spacial score (nSPS) is 14.6. The fraction of sp³-hybridized carbons (Fsp3) is 0.222. The third-order valence-corrected chi connectivity index (χ3v) is 13.4. The maximum atomic E-state index is 2.97. The Labute approximate surface area is 357 Å². The van der Waals surface area contributed by atoms with Gasteiger partial charge in [-0.1, -0.05) is 186 Å². The Morgan fingerprint density at radius 1 is 0.300 bits per heavy atom. The second-order valence-electron chi connectivity index (χ2n) is 17.1. The zero-order valence-corrected chi connectivity index (χ0v) is 35.5. The third kappa shape index (κ3) is 6.70. The van der Waals surface area contributed by atoms with Gasteiger partial charge >= 0.3 is 20.9 Å². The molecular weight excluding hydrogens is 723 g/mol. The zero-order chi connectivity index (χ0) is 40.6. The van der Waals surface area contributed by atoms with Crippen LogP contribution in [0.1, 0.15) is 59.3 Å². The molecule has 0 radical (unpaired) electrons. The molecule has 1 aliphatic heterocycles. The van der Waals surface area contributed by atoms with Gasteiger partial charge in [-0.05, 0) is 138 Å². The number of hydrogen-bond donors (Lipinski definition) is 0. The molecule has 60 heavy (non-hydrogen) atoms. The third-order valence-electron chi connectivity index (χ3n) is 13.4. The van der Waals surface area contributed by atoms with Crippen LogP contribution in [0.15, 0.2) is 164 Å². The van der Waals surface area contributed by atoms with Crippen LogP contribution in [0.25, 0.3) is 64.6 Å². The molecule has 0 unspecified atom stereocenters. The monoisotopic (exact) mass is 777 g/mol. The molecule has 1 saturated heterocycles. The molecule has 0 aromatic heterocycles. The van der Waals surface area contributed by atoms with Gasteiger partial charge in [-0.25, -0.2) is 0 Å². The standard InChI is InChI=1S/C54H54B3N3/c1-4-7-34-58-55(52-46-28-16-10-22-40(46)37-41-23-11-17-29-47(41)52)59(35-8-5-2)57(54-50-32-20-14-26-44(50)39-45-27-15-21-33-51(45)54)60(36-9-6-3)56(58)53-48-30-18-12-24-42(48)38-43-25-13-19-31-49(43)53/h10-33,37-39H,4-9,34-36H2,1-3H3. The summed E-state index contributed by atoms with van der Waals surface area (Å²) in [4.78, 5) is 0. The number of rotatable bonds is 12. The minimum Gasteiger partial charge on any atom is -0.349 e. The smallest absolute Gasteiger partial charge is 0.327 e. The van der Waals surface area contributed by atoms with Crippen molar-refractivity contribution in [2.45, 2.75) is 59.3 Å². The highest BCUT2D eigenvalue weighted by Gasteiger charge is 2.55. The van der Waals surface area contributed by atoms with Crippen LogP contribution in [-0.2, 0) is 0 Å². The summed E-state index contributed by atoms with van der Waals surface area (Å²) >= 11 is 0. The molecule has 1 heterocycles. The molecule has 294 valence electrons. The summed E-state index contributed by atoms with van der Waals surface area (Å²) in [7, 11) is 0. The Hall–Kier alpha value is -5.39. The minimum atomic E-state index is -0.0116. The van der Waals surface area contributed by atoms with Crippen LogP contribution in [0.2, 0.25) is 0 Å². The van der Waals surface area contributed by atoms with Crippen molar-refractivity contribution >= 4 is 102 Å². The van der Waals surface area contributed by atoms with Gasteiger partial charge < -0.3 is 14.2 Å². The van der Waals surface area contributed by atoms with Crippen molar-refractivity contribution in [1.82, 2.24) is 14.2 Å². The lowest BCUT2D eigenvalue weighted by Crippen LogP contribution is -2.85. The van der Waals surface area contributed by atoms with E-state index in [1.807, 2.05) is 0 Å². The van der Waals surface area contributed by atoms with E-state index in [1.165, 1.54) is 81.0 Å². The molecular formula is C54H54B3N3. The Morgan fingerprint density at radius 3 is 0.700 bits per heavy atom. The second kappa shape index (κ2) is 16.9. The Bertz CT molecular complexity index is 2490. The molecule has 3 nitrogen and oxygen atoms in total. The van der Waals surface area contributed by atoms with E-state index in [0.29, 0.717) is 0 Å². The van der Waals surface area contributed by atoms with Crippen LogP contribution in [0, 0.1) is 0 Å². The fourth-order valence-corrected chi connectivity index (χ4v) is 10.7. The number of unbranched alkanes of at least 4 members (excludes halogenated alkanes) is 3. The highest BCUT2D eigenvalue weighted by atomic mass is 15.3. The number of hydrogen-bond acceptors (Lipinski definition) is 3. The summed E-state index contributed by atoms with van der Waals surface area (Å²) in [5.41, 5.74) is 4.32. The highest BCUT2D eigenvalue weighted by molar-refractivity contribution is 7.01. The van der Waals surface area contributed by atoms with E-state index in [1.54, 1.807) is 0 Å². The van der Waals surface area contributed by atoms with E-state index < -0.39 is 0 Å². The van der Waals surface area contributed by atoms with Gasteiger partial charge in [0.05, 0.1) is 0 Å². The van der Waals surface area contributed by atoms with E-state index in [9.17, 15) is 0 Å². The van der Waals surface area contributed by atoms with Crippen LogP contribution in [-0.4, -0.2) is 54.7 Å². The summed E-state index contributed by atoms with van der Waals surface area (Å²) in [5.74, 6) is 0. The molecule has 0 N–H and O–H groups in total. The first-order valence-electron chi connectivity index (χ1n) is 22.7. The van der Waals surface area contributed by atoms with E-state index in [2.05, 4.69) is 199 Å². The molecule has 0 spiro atoms. The predicted octanol–water partition coefficient (Wildman–Crippen LogP) is 11.4. The minimum absolute atomic E-state index is 0.0116. The van der Waals surface area contributed by atoms with Gasteiger partial charge in [0.1, 0.15) is 0 Å². The van der Waals surface area contributed by atoms with Gasteiger partial charge in [0.15, 0.2) is 0 Å². The number of fused-ring (bicyclic) bond motifs is 6. The quantitative estimate of drug-likeness (QED) is 0.0904. The van der Waals surface area contributed by atoms with E-state index in [0.717, 1.165) is 58.2 Å². The first-order valence-corrected chi connectivity index (χ1v) is 22.7. The van der Waals surface area contributed by atoms with E-state index >= 15 is 0 Å². The topological polar surface area (TPSA) is 9.72 Å². The average molecular weight is 777 g/mol. The van der Waals surface area contributed by atoms with Crippen LogP contribution < -0.4 is 16.4 Å². The first kappa shape index (κ1) is 38.8. The largest absolute Gasteiger partial charge is 0.349 e. The zero-order valence-electron chi connectivity index (χ0n) is 35.5. The average Bonchev–Trinajstić information content (AvgIpc) is 3.29. The molecule has 0 bridgehead atoms. The van der Waals surface area contributed by atoms with Gasteiger partial charge in [0.2, 0.25) is 0 Å². The lowest BCUT2D eigenvalue weighted by atomic mass is 9.36. The summed E-state index contributed by atoms with van der Waals surface area (Å²) in [6.45, 7) is 10.0. The van der Waals surface area contributed by atoms with Crippen molar-refractivity contribution in [2.24, 2.45) is 0 Å². The summed E-state index contributed by atoms with van der Waals surface area (Å²) in [6, 6.07) is 62.5. The molecule has 9 aromatic rings. The van der Waals surface area contributed by atoms with Crippen LogP contribution in [0.4, 0.5) is 0 Å². The maximum Gasteiger partial charge on any atom is 0.327 e. The van der Waals surface area contributed by atoms with Crippen molar-refractivity contribution in [3.63, 3.8) is 0 Å². The van der Waals surface area contributed by atoms with Gasteiger partial charge in [-0.15, -0.1) is 0 Å². The van der Waals surface area contributed by atoms with Gasteiger partial charge in [-0.2, -0.15) is 0 Å². The highest BCUT2D eigenvalue weighted by Crippen LogP contribution is 2.33. The van der Waals surface area contributed by atoms with Crippen molar-refractivity contribution in [2.75, 3.05) is 19.6 Å². The second-order valence-corrected chi connectivity index (χ2v) is 17.1. The van der Waals surface area contributed by atoms with Gasteiger partial charge in [0, 0.05) is 0 Å². The lowest BCUT2D eigenvalue weighted by molar-refractivity contribution is 0.430. The molecule has 9 aromatic carbocycles. The molecule has 0 saturated carbocycles. The summed E-state index contributed by atoms with van der Waals surface area (Å²) in [6.07, 6.45) is 6.73. The number of nitrogens with zero attached hydrogens (tertiary/aromatic N) is 3. The maximum absolute atomic E-state index is 2.97. The lowest BCUT2D eigenvalue weighted by Gasteiger charge is -2.55. The molecule has 1 aliphatic rings. The molecule has 0 amide bonds. The SMILES string of the molecule is CCCCN1B(c2c3ccccc3cc3ccccc23)N(CCCC)B(c2c3ccccc3cc3ccccc23)N(CCCC)B1c1c2ccccc2cc2ccccc12. The van der Waals surface area contributed by atoms with Crippen LogP contribution in [0.3, 0.4) is 0 Å². The molecule has 0 atom stereocenters. The Morgan fingerprint density at radius 2 is 0.500 bits per heavy atom. The molecule has 6 heteroatoms. The summed E-state index contributed by atoms with van der Waals surface area (Å²) < 4.78 is 8.92. The summed E-state index contributed by atoms with van der Waals surface area (Å²) in [5, 5.41) is 16.0. The van der Waals surface area contributed by atoms with Crippen molar-refractivity contribution in [3.05, 3.63) is 164 Å². The van der Waals surface area contributed by atoms with E-state index in [4.69, 9.17) is 0 Å². The molecule has 1 fully saturated rings. The molecule has 0 aliphatic carbocycles. The number of benzene rings is 9. The predicted molar refractivity (Wildman–Crippen MR) is 265 cm³/mol. The van der Waals surface area contributed by atoms with E-state index in [-0.39, 0.29) is 20.9 Å².